The molecule has 0 aliphatic rings. The highest BCUT2D eigenvalue weighted by atomic mass is 32.2. The molecule has 0 aromatic carbocycles. The average Bonchev–Trinajstić information content (AvgIpc) is 1.85. The Labute approximate surface area is 72.8 Å². The van der Waals surface area contributed by atoms with Crippen molar-refractivity contribution in [2.75, 3.05) is 13.2 Å². The van der Waals surface area contributed by atoms with Crippen molar-refractivity contribution in [2.24, 2.45) is 0 Å². The molecule has 0 atom stereocenters. The Morgan fingerprint density at radius 2 is 1.67 bits per heavy atom. The summed E-state index contributed by atoms with van der Waals surface area (Å²) in [5.74, 6) is 0. The highest BCUT2D eigenvalue weighted by Crippen LogP contribution is 2.44. The summed E-state index contributed by atoms with van der Waals surface area (Å²) in [5.41, 5.74) is 0. The molecule has 12 heavy (non-hydrogen) atoms. The first kappa shape index (κ1) is 11.8. The molecular weight excluding hydrogens is 203 g/mol. The van der Waals surface area contributed by atoms with Crippen LogP contribution in [-0.2, 0) is 23.9 Å². The van der Waals surface area contributed by atoms with Crippen LogP contribution in [0.5, 0.6) is 0 Å². The Hall–Kier alpha value is -0.160. The van der Waals surface area contributed by atoms with E-state index in [-0.39, 0.29) is 13.2 Å². The second-order valence-electron chi connectivity index (χ2n) is 1.74. The van der Waals surface area contributed by atoms with Gasteiger partial charge in [0.05, 0.1) is 13.2 Å². The fourth-order valence-corrected chi connectivity index (χ4v) is 2.69. The molecule has 0 aromatic heterocycles. The summed E-state index contributed by atoms with van der Waals surface area (Å²) >= 11 is 0. The molecule has 0 heterocycles. The third kappa shape index (κ3) is 4.66. The van der Waals surface area contributed by atoms with Gasteiger partial charge in [0, 0.05) is 0 Å². The summed E-state index contributed by atoms with van der Waals surface area (Å²) in [6, 6.07) is 0. The first-order valence-electron chi connectivity index (χ1n) is 3.37. The Bertz CT molecular complexity index is 275. The van der Waals surface area contributed by atoms with E-state index in [1.54, 1.807) is 13.8 Å². The molecule has 0 bridgehead atoms. The second-order valence-corrected chi connectivity index (χ2v) is 4.70. The van der Waals surface area contributed by atoms with Crippen LogP contribution in [0.1, 0.15) is 13.8 Å². The van der Waals surface area contributed by atoms with Crippen LogP contribution in [0.4, 0.5) is 0 Å². The van der Waals surface area contributed by atoms with Gasteiger partial charge in [-0.05, 0) is 13.8 Å². The normalized spacial score (nSPS) is 11.2. The molecule has 0 saturated heterocycles. The molecular formula is C5H11O5PS. The standard InChI is InChI=1S/C5H11O5PS/c1-3-9-11(6,10-4-2)5-12(7)8/h5H,3-4H2,1-2H3. The van der Waals surface area contributed by atoms with E-state index in [1.165, 1.54) is 0 Å². The lowest BCUT2D eigenvalue weighted by molar-refractivity contribution is 0.234. The van der Waals surface area contributed by atoms with Crippen molar-refractivity contribution in [3.63, 3.8) is 0 Å². The molecule has 5 nitrogen and oxygen atoms in total. The lowest BCUT2D eigenvalue weighted by atomic mass is 10.9. The lowest BCUT2D eigenvalue weighted by Crippen LogP contribution is -1.96. The van der Waals surface area contributed by atoms with Crippen molar-refractivity contribution in [3.8, 4) is 0 Å². The van der Waals surface area contributed by atoms with Gasteiger partial charge in [0.1, 0.15) is 5.11 Å². The zero-order valence-corrected chi connectivity index (χ0v) is 8.60. The van der Waals surface area contributed by atoms with Gasteiger partial charge in [-0.15, -0.1) is 0 Å². The van der Waals surface area contributed by atoms with E-state index in [0.717, 1.165) is 0 Å². The van der Waals surface area contributed by atoms with Crippen LogP contribution < -0.4 is 0 Å². The molecule has 0 unspecified atom stereocenters. The predicted molar refractivity (Wildman–Crippen MR) is 45.8 cm³/mol. The summed E-state index contributed by atoms with van der Waals surface area (Å²) in [7, 11) is -6.04. The molecule has 0 aliphatic carbocycles. The topological polar surface area (TPSA) is 69.7 Å². The SMILES string of the molecule is CCOP(=O)(C=S(=O)=O)OCC. The average molecular weight is 214 g/mol. The van der Waals surface area contributed by atoms with E-state index < -0.39 is 17.9 Å². The largest absolute Gasteiger partial charge is 0.369 e. The molecule has 0 amide bonds. The second kappa shape index (κ2) is 5.48. The summed E-state index contributed by atoms with van der Waals surface area (Å²) in [4.78, 5) is 0. The van der Waals surface area contributed by atoms with Gasteiger partial charge in [-0.25, -0.2) is 0 Å². The van der Waals surface area contributed by atoms with Crippen molar-refractivity contribution < 1.29 is 22.0 Å². The molecule has 0 saturated carbocycles. The van der Waals surface area contributed by atoms with Crippen LogP contribution >= 0.6 is 7.60 Å². The quantitative estimate of drug-likeness (QED) is 0.502. The van der Waals surface area contributed by atoms with Crippen LogP contribution in [0.15, 0.2) is 0 Å². The van der Waals surface area contributed by atoms with Gasteiger partial charge >= 0.3 is 7.60 Å². The molecule has 0 radical (unpaired) electrons. The van der Waals surface area contributed by atoms with E-state index >= 15 is 0 Å². The minimum Gasteiger partial charge on any atom is -0.305 e. The maximum atomic E-state index is 11.3. The minimum absolute atomic E-state index is 0.144. The van der Waals surface area contributed by atoms with Crippen molar-refractivity contribution in [2.45, 2.75) is 13.8 Å². The molecule has 0 rings (SSSR count). The fourth-order valence-electron chi connectivity index (χ4n) is 0.563. The molecule has 72 valence electrons. The highest BCUT2D eigenvalue weighted by molar-refractivity contribution is 7.90. The molecule has 7 heteroatoms. The van der Waals surface area contributed by atoms with E-state index in [4.69, 9.17) is 0 Å². The van der Waals surface area contributed by atoms with E-state index in [9.17, 15) is 13.0 Å². The Balaban J connectivity index is 4.63. The van der Waals surface area contributed by atoms with Gasteiger partial charge in [-0.2, -0.15) is 8.42 Å². The third-order valence-electron chi connectivity index (χ3n) is 0.833. The zero-order valence-electron chi connectivity index (χ0n) is 6.89. The summed E-state index contributed by atoms with van der Waals surface area (Å²) in [6.07, 6.45) is 0. The van der Waals surface area contributed by atoms with Gasteiger partial charge in [0.2, 0.25) is 10.3 Å². The molecule has 0 aliphatic heterocycles. The number of hydrogen-bond donors (Lipinski definition) is 0. The van der Waals surface area contributed by atoms with Crippen LogP contribution in [0.25, 0.3) is 0 Å². The van der Waals surface area contributed by atoms with Crippen molar-refractivity contribution >= 4 is 23.0 Å². The van der Waals surface area contributed by atoms with Crippen LogP contribution in [-0.4, -0.2) is 26.7 Å². The molecule has 0 N–H and O–H groups in total. The maximum Gasteiger partial charge on any atom is 0.369 e. The third-order valence-corrected chi connectivity index (χ3v) is 3.79. The summed E-state index contributed by atoms with van der Waals surface area (Å²) in [5, 5.41) is 0.556. The van der Waals surface area contributed by atoms with E-state index in [1.807, 2.05) is 0 Å². The van der Waals surface area contributed by atoms with Gasteiger partial charge in [-0.3, -0.25) is 4.57 Å². The summed E-state index contributed by atoms with van der Waals surface area (Å²) in [6.45, 7) is 3.50. The fraction of sp³-hybridized carbons (Fsp3) is 0.800. The van der Waals surface area contributed by atoms with E-state index in [2.05, 4.69) is 9.05 Å². The van der Waals surface area contributed by atoms with Gasteiger partial charge in [0.15, 0.2) is 0 Å². The Kier molecular flexibility index (Phi) is 5.41. The highest BCUT2D eigenvalue weighted by Gasteiger charge is 2.20. The zero-order chi connectivity index (χ0) is 9.61. The number of hydrogen-bond acceptors (Lipinski definition) is 5. The van der Waals surface area contributed by atoms with Crippen molar-refractivity contribution in [1.29, 1.82) is 0 Å². The molecule has 0 fully saturated rings. The van der Waals surface area contributed by atoms with Crippen LogP contribution in [0.3, 0.4) is 0 Å². The predicted octanol–water partition coefficient (Wildman–Crippen LogP) is 0.891. The van der Waals surface area contributed by atoms with Gasteiger partial charge in [0.25, 0.3) is 0 Å². The monoisotopic (exact) mass is 214 g/mol. The van der Waals surface area contributed by atoms with Crippen LogP contribution in [0, 0.1) is 0 Å². The minimum atomic E-state index is -3.51. The lowest BCUT2D eigenvalue weighted by Gasteiger charge is -2.09. The van der Waals surface area contributed by atoms with Crippen molar-refractivity contribution in [3.05, 3.63) is 0 Å². The summed E-state index contributed by atoms with van der Waals surface area (Å²) < 4.78 is 41.0. The Morgan fingerprint density at radius 1 is 1.25 bits per heavy atom. The maximum absolute atomic E-state index is 11.3. The van der Waals surface area contributed by atoms with Crippen LogP contribution in [0.2, 0.25) is 0 Å². The first-order chi connectivity index (χ1) is 5.54. The van der Waals surface area contributed by atoms with E-state index in [0.29, 0.717) is 5.11 Å². The van der Waals surface area contributed by atoms with Crippen molar-refractivity contribution in [1.82, 2.24) is 0 Å². The Morgan fingerprint density at radius 3 is 1.92 bits per heavy atom. The van der Waals surface area contributed by atoms with Gasteiger partial charge < -0.3 is 9.05 Å². The number of rotatable bonds is 5. The first-order valence-corrected chi connectivity index (χ1v) is 6.12. The van der Waals surface area contributed by atoms with Gasteiger partial charge in [-0.1, -0.05) is 0 Å². The molecule has 0 aromatic rings. The molecule has 0 spiro atoms. The smallest absolute Gasteiger partial charge is 0.305 e.